The van der Waals surface area contributed by atoms with Gasteiger partial charge in [0.2, 0.25) is 5.78 Å². The molecule has 21 heavy (non-hydrogen) atoms. The summed E-state index contributed by atoms with van der Waals surface area (Å²) >= 11 is 0. The van der Waals surface area contributed by atoms with E-state index in [9.17, 15) is 9.59 Å². The molecule has 0 saturated carbocycles. The summed E-state index contributed by atoms with van der Waals surface area (Å²) in [6.07, 6.45) is -0.323. The molecule has 4 heteroatoms. The first-order valence-electron chi connectivity index (χ1n) is 7.15. The molecule has 2 fully saturated rings. The van der Waals surface area contributed by atoms with Gasteiger partial charge in [-0.15, -0.1) is 0 Å². The lowest BCUT2D eigenvalue weighted by Crippen LogP contribution is -2.46. The Balaban J connectivity index is 1.87. The van der Waals surface area contributed by atoms with E-state index in [-0.39, 0.29) is 11.6 Å². The van der Waals surface area contributed by atoms with Gasteiger partial charge >= 0.3 is 0 Å². The van der Waals surface area contributed by atoms with Gasteiger partial charge in [0.1, 0.15) is 0 Å². The fourth-order valence-electron chi connectivity index (χ4n) is 3.90. The molecule has 0 radical (unpaired) electrons. The number of Topliss-reactive ketones (excluding diaryl/α,β-unsaturated/α-hetero) is 2. The lowest BCUT2D eigenvalue weighted by molar-refractivity contribution is -0.141. The molecule has 2 bridgehead atoms. The first-order chi connectivity index (χ1) is 10.2. The molecular formula is C17H12O4. The molecule has 2 unspecified atom stereocenters. The molecule has 0 amide bonds. The molecule has 5 rings (SSSR count). The van der Waals surface area contributed by atoms with Crippen LogP contribution >= 0.6 is 0 Å². The number of hydrogen-bond acceptors (Lipinski definition) is 4. The second-order valence-electron chi connectivity index (χ2n) is 5.84. The van der Waals surface area contributed by atoms with E-state index in [0.717, 1.165) is 16.3 Å². The van der Waals surface area contributed by atoms with Crippen LogP contribution in [-0.2, 0) is 19.9 Å². The maximum absolute atomic E-state index is 13.0. The van der Waals surface area contributed by atoms with Crippen LogP contribution < -0.4 is 0 Å². The zero-order valence-electron chi connectivity index (χ0n) is 11.2. The van der Waals surface area contributed by atoms with Crippen molar-refractivity contribution in [1.82, 2.24) is 0 Å². The topological polar surface area (TPSA) is 52.6 Å². The highest BCUT2D eigenvalue weighted by Crippen LogP contribution is 2.52. The van der Waals surface area contributed by atoms with Gasteiger partial charge in [-0.2, -0.15) is 0 Å². The number of rotatable bonds is 0. The third kappa shape index (κ3) is 1.19. The van der Waals surface area contributed by atoms with Crippen molar-refractivity contribution in [2.75, 3.05) is 0 Å². The van der Waals surface area contributed by atoms with Crippen LogP contribution in [0.25, 0.3) is 10.8 Å². The molecule has 2 saturated heterocycles. The molecular weight excluding hydrogens is 268 g/mol. The van der Waals surface area contributed by atoms with Gasteiger partial charge in [-0.3, -0.25) is 9.59 Å². The van der Waals surface area contributed by atoms with Crippen molar-refractivity contribution in [3.63, 3.8) is 0 Å². The smallest absolute Gasteiger partial charge is 0.203 e. The predicted octanol–water partition coefficient (Wildman–Crippen LogP) is 2.34. The van der Waals surface area contributed by atoms with E-state index >= 15 is 0 Å². The van der Waals surface area contributed by atoms with Crippen molar-refractivity contribution < 1.29 is 19.1 Å². The summed E-state index contributed by atoms with van der Waals surface area (Å²) in [6, 6.07) is 11.4. The average Bonchev–Trinajstić information content (AvgIpc) is 2.96. The molecule has 0 aromatic heterocycles. The van der Waals surface area contributed by atoms with Gasteiger partial charge < -0.3 is 9.47 Å². The summed E-state index contributed by atoms with van der Waals surface area (Å²) in [5.74, 6) is -0.182. The summed E-state index contributed by atoms with van der Waals surface area (Å²) in [4.78, 5) is 25.3. The van der Waals surface area contributed by atoms with E-state index in [1.165, 1.54) is 0 Å². The molecule has 4 nitrogen and oxygen atoms in total. The van der Waals surface area contributed by atoms with Crippen LogP contribution in [0.5, 0.6) is 0 Å². The number of hydrogen-bond donors (Lipinski definition) is 0. The van der Waals surface area contributed by atoms with E-state index in [4.69, 9.17) is 9.47 Å². The SMILES string of the molecule is O=C1CCC2OC1[C@@]1(O2)C(=O)c2cccc3cccc1c23. The van der Waals surface area contributed by atoms with Crippen LogP contribution in [0.4, 0.5) is 0 Å². The maximum atomic E-state index is 13.0. The normalized spacial score (nSPS) is 33.3. The lowest BCUT2D eigenvalue weighted by Gasteiger charge is -2.26. The zero-order chi connectivity index (χ0) is 14.2. The highest BCUT2D eigenvalue weighted by Gasteiger charge is 2.64. The molecule has 2 heterocycles. The van der Waals surface area contributed by atoms with Crippen LogP contribution in [0.1, 0.15) is 28.8 Å². The maximum Gasteiger partial charge on any atom is 0.203 e. The molecule has 2 aromatic rings. The molecule has 3 aliphatic rings. The molecule has 0 N–H and O–H groups in total. The minimum Gasteiger partial charge on any atom is -0.338 e. The molecule has 1 aliphatic carbocycles. The Morgan fingerprint density at radius 3 is 2.76 bits per heavy atom. The highest BCUT2D eigenvalue weighted by atomic mass is 16.7. The predicted molar refractivity (Wildman–Crippen MR) is 73.9 cm³/mol. The fourth-order valence-corrected chi connectivity index (χ4v) is 3.90. The van der Waals surface area contributed by atoms with E-state index in [1.807, 2.05) is 30.3 Å². The Morgan fingerprint density at radius 1 is 1.10 bits per heavy atom. The van der Waals surface area contributed by atoms with Gasteiger partial charge in [-0.1, -0.05) is 36.4 Å². The van der Waals surface area contributed by atoms with Gasteiger partial charge in [0.15, 0.2) is 23.8 Å². The molecule has 2 aliphatic heterocycles. The Hall–Kier alpha value is -2.04. The lowest BCUT2D eigenvalue weighted by atomic mass is 9.85. The average molecular weight is 280 g/mol. The molecule has 104 valence electrons. The number of fused-ring (bicyclic) bond motifs is 4. The zero-order valence-corrected chi connectivity index (χ0v) is 11.2. The van der Waals surface area contributed by atoms with Crippen molar-refractivity contribution in [3.8, 4) is 0 Å². The fraction of sp³-hybridized carbons (Fsp3) is 0.294. The molecule has 3 atom stereocenters. The van der Waals surface area contributed by atoms with Gasteiger partial charge in [-0.05, 0) is 10.8 Å². The van der Waals surface area contributed by atoms with Crippen LogP contribution in [0.3, 0.4) is 0 Å². The number of ketones is 2. The highest BCUT2D eigenvalue weighted by molar-refractivity contribution is 6.21. The third-order valence-electron chi connectivity index (χ3n) is 4.78. The van der Waals surface area contributed by atoms with Crippen LogP contribution in [-0.4, -0.2) is 24.0 Å². The van der Waals surface area contributed by atoms with Gasteiger partial charge in [-0.25, -0.2) is 0 Å². The monoisotopic (exact) mass is 280 g/mol. The molecule has 1 spiro atoms. The van der Waals surface area contributed by atoms with Crippen molar-refractivity contribution >= 4 is 22.3 Å². The summed E-state index contributed by atoms with van der Waals surface area (Å²) in [6.45, 7) is 0. The number of carbonyl (C=O) groups is 2. The first kappa shape index (κ1) is 11.6. The van der Waals surface area contributed by atoms with Crippen molar-refractivity contribution in [2.45, 2.75) is 30.8 Å². The van der Waals surface area contributed by atoms with Gasteiger partial charge in [0.25, 0.3) is 0 Å². The second kappa shape index (κ2) is 3.59. The van der Waals surface area contributed by atoms with Gasteiger partial charge in [0, 0.05) is 24.0 Å². The second-order valence-corrected chi connectivity index (χ2v) is 5.84. The Labute approximate surface area is 120 Å². The summed E-state index contributed by atoms with van der Waals surface area (Å²) in [7, 11) is 0. The standard InChI is InChI=1S/C17H12O4/c18-12-7-8-13-20-16(12)17(21-13)11-6-2-4-9-3-1-5-10(14(9)11)15(17)19/h1-6,13,16H,7-8H2/t13?,16?,17-/m0/s1. The third-order valence-corrected chi connectivity index (χ3v) is 4.78. The van der Waals surface area contributed by atoms with Gasteiger partial charge in [0.05, 0.1) is 0 Å². The van der Waals surface area contributed by atoms with Crippen molar-refractivity contribution in [3.05, 3.63) is 47.5 Å². The Bertz CT molecular complexity index is 819. The largest absolute Gasteiger partial charge is 0.338 e. The Kier molecular flexibility index (Phi) is 1.98. The van der Waals surface area contributed by atoms with Crippen LogP contribution in [0.2, 0.25) is 0 Å². The quantitative estimate of drug-likeness (QED) is 0.743. The van der Waals surface area contributed by atoms with E-state index in [2.05, 4.69) is 0 Å². The summed E-state index contributed by atoms with van der Waals surface area (Å²) < 4.78 is 11.7. The van der Waals surface area contributed by atoms with E-state index < -0.39 is 18.0 Å². The van der Waals surface area contributed by atoms with E-state index in [1.54, 1.807) is 6.07 Å². The number of ether oxygens (including phenoxy) is 2. The Morgan fingerprint density at radius 2 is 1.90 bits per heavy atom. The molecule has 2 aromatic carbocycles. The first-order valence-corrected chi connectivity index (χ1v) is 7.15. The minimum atomic E-state index is -1.26. The van der Waals surface area contributed by atoms with E-state index in [0.29, 0.717) is 18.4 Å². The number of carbonyl (C=O) groups excluding carboxylic acids is 2. The van der Waals surface area contributed by atoms with Crippen LogP contribution in [0.15, 0.2) is 36.4 Å². The van der Waals surface area contributed by atoms with Crippen LogP contribution in [0, 0.1) is 0 Å². The van der Waals surface area contributed by atoms with Crippen molar-refractivity contribution in [1.29, 1.82) is 0 Å². The minimum absolute atomic E-state index is 0.0399. The number of benzene rings is 2. The van der Waals surface area contributed by atoms with Crippen molar-refractivity contribution in [2.24, 2.45) is 0 Å². The summed E-state index contributed by atoms with van der Waals surface area (Å²) in [5.41, 5.74) is 0.150. The summed E-state index contributed by atoms with van der Waals surface area (Å²) in [5, 5.41) is 1.89.